The second-order valence-electron chi connectivity index (χ2n) is 9.48. The molecule has 5 rings (SSSR count). The zero-order valence-electron chi connectivity index (χ0n) is 20.6. The SMILES string of the molecule is O=S1(=O)N=C(N(CCCOc2cccc(CN3CCCCC3)c2)Cc2ccccc2)c2ccccc21. The minimum absolute atomic E-state index is 0.278. The van der Waals surface area contributed by atoms with Crippen molar-refractivity contribution in [3.63, 3.8) is 0 Å². The van der Waals surface area contributed by atoms with E-state index < -0.39 is 10.0 Å². The number of likely N-dealkylation sites (tertiary alicyclic amines) is 1. The molecule has 0 N–H and O–H groups in total. The topological polar surface area (TPSA) is 62.2 Å². The average Bonchev–Trinajstić information content (AvgIpc) is 3.18. The van der Waals surface area contributed by atoms with Gasteiger partial charge in [0.2, 0.25) is 0 Å². The van der Waals surface area contributed by atoms with Gasteiger partial charge in [0.1, 0.15) is 10.6 Å². The maximum atomic E-state index is 12.7. The molecule has 6 nitrogen and oxygen atoms in total. The van der Waals surface area contributed by atoms with Crippen molar-refractivity contribution < 1.29 is 13.2 Å². The molecule has 0 amide bonds. The molecule has 1 fully saturated rings. The maximum absolute atomic E-state index is 12.7. The van der Waals surface area contributed by atoms with Crippen LogP contribution in [-0.2, 0) is 23.1 Å². The molecule has 0 aromatic heterocycles. The lowest BCUT2D eigenvalue weighted by Gasteiger charge is -2.26. The third-order valence-electron chi connectivity index (χ3n) is 6.72. The Morgan fingerprint density at radius 3 is 2.44 bits per heavy atom. The highest BCUT2D eigenvalue weighted by Gasteiger charge is 2.31. The lowest BCUT2D eigenvalue weighted by Crippen LogP contribution is -2.32. The molecule has 0 saturated carbocycles. The van der Waals surface area contributed by atoms with Crippen molar-refractivity contribution in [2.45, 2.75) is 43.7 Å². The maximum Gasteiger partial charge on any atom is 0.285 e. The molecule has 0 unspecified atom stereocenters. The van der Waals surface area contributed by atoms with Crippen LogP contribution in [0.15, 0.2) is 88.2 Å². The third kappa shape index (κ3) is 5.97. The molecule has 0 radical (unpaired) electrons. The van der Waals surface area contributed by atoms with E-state index in [1.165, 1.54) is 37.9 Å². The Morgan fingerprint density at radius 2 is 1.61 bits per heavy atom. The molecular weight excluding hydrogens is 470 g/mol. The third-order valence-corrected chi connectivity index (χ3v) is 8.05. The highest BCUT2D eigenvalue weighted by atomic mass is 32.2. The van der Waals surface area contributed by atoms with Crippen LogP contribution in [0.2, 0.25) is 0 Å². The highest BCUT2D eigenvalue weighted by Crippen LogP contribution is 2.28. The van der Waals surface area contributed by atoms with Gasteiger partial charge in [-0.1, -0.05) is 61.0 Å². The largest absolute Gasteiger partial charge is 0.494 e. The monoisotopic (exact) mass is 503 g/mol. The van der Waals surface area contributed by atoms with Gasteiger partial charge in [-0.3, -0.25) is 4.90 Å². The Balaban J connectivity index is 1.24. The first-order valence-electron chi connectivity index (χ1n) is 12.8. The number of piperidine rings is 1. The Labute approximate surface area is 214 Å². The van der Waals surface area contributed by atoms with Gasteiger partial charge in [-0.05, 0) is 67.7 Å². The highest BCUT2D eigenvalue weighted by molar-refractivity contribution is 7.90. The van der Waals surface area contributed by atoms with Crippen LogP contribution in [0, 0.1) is 0 Å². The van der Waals surface area contributed by atoms with Crippen molar-refractivity contribution in [3.05, 3.63) is 95.6 Å². The number of ether oxygens (including phenoxy) is 1. The Kier molecular flexibility index (Phi) is 7.68. The summed E-state index contributed by atoms with van der Waals surface area (Å²) >= 11 is 0. The average molecular weight is 504 g/mol. The van der Waals surface area contributed by atoms with Crippen molar-refractivity contribution >= 4 is 15.9 Å². The van der Waals surface area contributed by atoms with Crippen molar-refractivity contribution in [1.82, 2.24) is 9.80 Å². The summed E-state index contributed by atoms with van der Waals surface area (Å²) in [5.41, 5.74) is 3.05. The first-order chi connectivity index (χ1) is 17.6. The van der Waals surface area contributed by atoms with Gasteiger partial charge in [-0.25, -0.2) is 0 Å². The smallest absolute Gasteiger partial charge is 0.285 e. The quantitative estimate of drug-likeness (QED) is 0.381. The van der Waals surface area contributed by atoms with E-state index in [4.69, 9.17) is 4.74 Å². The van der Waals surface area contributed by atoms with Gasteiger partial charge >= 0.3 is 0 Å². The normalized spacial score (nSPS) is 16.8. The van der Waals surface area contributed by atoms with E-state index >= 15 is 0 Å². The Morgan fingerprint density at radius 1 is 0.861 bits per heavy atom. The van der Waals surface area contributed by atoms with E-state index in [0.717, 1.165) is 24.3 Å². The van der Waals surface area contributed by atoms with Crippen molar-refractivity contribution in [3.8, 4) is 5.75 Å². The summed E-state index contributed by atoms with van der Waals surface area (Å²) in [6, 6.07) is 25.5. The predicted molar refractivity (Wildman–Crippen MR) is 143 cm³/mol. The number of nitrogens with zero attached hydrogens (tertiary/aromatic N) is 3. The summed E-state index contributed by atoms with van der Waals surface area (Å²) in [4.78, 5) is 4.84. The number of fused-ring (bicyclic) bond motifs is 1. The van der Waals surface area contributed by atoms with Crippen molar-refractivity contribution in [1.29, 1.82) is 0 Å². The lowest BCUT2D eigenvalue weighted by atomic mass is 10.1. The van der Waals surface area contributed by atoms with E-state index in [-0.39, 0.29) is 4.90 Å². The van der Waals surface area contributed by atoms with Crippen LogP contribution in [0.3, 0.4) is 0 Å². The molecular formula is C29H33N3O3S. The predicted octanol–water partition coefficient (Wildman–Crippen LogP) is 5.09. The summed E-state index contributed by atoms with van der Waals surface area (Å²) in [7, 11) is -3.67. The summed E-state index contributed by atoms with van der Waals surface area (Å²) in [5, 5.41) is 0. The van der Waals surface area contributed by atoms with Crippen LogP contribution in [0.4, 0.5) is 0 Å². The minimum atomic E-state index is -3.67. The second-order valence-corrected chi connectivity index (χ2v) is 11.1. The Bertz CT molecular complexity index is 1300. The van der Waals surface area contributed by atoms with Gasteiger partial charge in [-0.2, -0.15) is 8.42 Å². The molecule has 2 aliphatic heterocycles. The fourth-order valence-corrected chi connectivity index (χ4v) is 6.16. The van der Waals surface area contributed by atoms with E-state index in [9.17, 15) is 8.42 Å². The fraction of sp³-hybridized carbons (Fsp3) is 0.345. The zero-order valence-corrected chi connectivity index (χ0v) is 21.4. The summed E-state index contributed by atoms with van der Waals surface area (Å²) in [6.45, 7) is 5.06. The van der Waals surface area contributed by atoms with Gasteiger partial charge in [-0.15, -0.1) is 4.40 Å². The molecule has 7 heteroatoms. The fourth-order valence-electron chi connectivity index (χ4n) is 4.93. The minimum Gasteiger partial charge on any atom is -0.494 e. The molecule has 0 atom stereocenters. The molecule has 3 aromatic carbocycles. The molecule has 0 aliphatic carbocycles. The van der Waals surface area contributed by atoms with E-state index in [2.05, 4.69) is 32.4 Å². The van der Waals surface area contributed by atoms with E-state index in [1.807, 2.05) is 48.5 Å². The number of amidine groups is 1. The van der Waals surface area contributed by atoms with Gasteiger partial charge < -0.3 is 9.64 Å². The van der Waals surface area contributed by atoms with E-state index in [0.29, 0.717) is 31.1 Å². The first-order valence-corrected chi connectivity index (χ1v) is 14.2. The number of hydrogen-bond donors (Lipinski definition) is 0. The number of benzene rings is 3. The van der Waals surface area contributed by atoms with Crippen molar-refractivity contribution in [2.75, 3.05) is 26.2 Å². The number of sulfonamides is 1. The van der Waals surface area contributed by atoms with Gasteiger partial charge in [0.05, 0.1) is 6.61 Å². The van der Waals surface area contributed by atoms with Gasteiger partial charge in [0.25, 0.3) is 10.0 Å². The molecule has 0 spiro atoms. The summed E-state index contributed by atoms with van der Waals surface area (Å²) < 4.78 is 35.6. The molecule has 1 saturated heterocycles. The van der Waals surface area contributed by atoms with Crippen LogP contribution in [0.25, 0.3) is 0 Å². The number of hydrogen-bond acceptors (Lipinski definition) is 5. The van der Waals surface area contributed by atoms with Gasteiger partial charge in [0, 0.05) is 25.2 Å². The first kappa shape index (κ1) is 24.5. The van der Waals surface area contributed by atoms with Crippen LogP contribution in [0.1, 0.15) is 42.4 Å². The summed E-state index contributed by atoms with van der Waals surface area (Å²) in [6.07, 6.45) is 4.65. The molecule has 3 aromatic rings. The van der Waals surface area contributed by atoms with Crippen LogP contribution in [-0.4, -0.2) is 50.3 Å². The molecule has 36 heavy (non-hydrogen) atoms. The lowest BCUT2D eigenvalue weighted by molar-refractivity contribution is 0.220. The second kappa shape index (κ2) is 11.3. The number of rotatable bonds is 9. The van der Waals surface area contributed by atoms with Crippen LogP contribution >= 0.6 is 0 Å². The van der Waals surface area contributed by atoms with Crippen molar-refractivity contribution in [2.24, 2.45) is 4.40 Å². The molecule has 188 valence electrons. The standard InChI is InChI=1S/C29H33N3O3S/c33-36(34)28-16-6-5-15-27(28)29(30-36)32(23-24-11-3-1-4-12-24)19-10-20-35-26-14-9-13-25(21-26)22-31-17-7-2-8-18-31/h1,3-6,9,11-16,21H,2,7-8,10,17-20,22-23H2. The van der Waals surface area contributed by atoms with Crippen LogP contribution in [0.5, 0.6) is 5.75 Å². The van der Waals surface area contributed by atoms with Gasteiger partial charge in [0.15, 0.2) is 5.84 Å². The van der Waals surface area contributed by atoms with E-state index in [1.54, 1.807) is 12.1 Å². The molecule has 2 aliphatic rings. The zero-order chi connectivity index (χ0) is 24.8. The molecule has 0 bridgehead atoms. The summed E-state index contributed by atoms with van der Waals surface area (Å²) in [5.74, 6) is 1.39. The Hall–Kier alpha value is -3.16. The molecule has 2 heterocycles. The van der Waals surface area contributed by atoms with Crippen LogP contribution < -0.4 is 4.74 Å².